The first-order chi connectivity index (χ1) is 11.5. The van der Waals surface area contributed by atoms with E-state index < -0.39 is 6.10 Å². The molecule has 1 fully saturated rings. The van der Waals surface area contributed by atoms with Crippen LogP contribution in [0.5, 0.6) is 5.75 Å². The van der Waals surface area contributed by atoms with Gasteiger partial charge in [-0.15, -0.1) is 11.3 Å². The summed E-state index contributed by atoms with van der Waals surface area (Å²) in [6, 6.07) is 7.47. The van der Waals surface area contributed by atoms with Crippen LogP contribution in [0.1, 0.15) is 51.7 Å². The Hall–Kier alpha value is -1.85. The summed E-state index contributed by atoms with van der Waals surface area (Å²) in [7, 11) is 0. The van der Waals surface area contributed by atoms with Crippen molar-refractivity contribution in [2.24, 2.45) is 0 Å². The Kier molecular flexibility index (Phi) is 4.92. The van der Waals surface area contributed by atoms with Crippen LogP contribution < -0.4 is 0 Å². The molecule has 1 aliphatic rings. The van der Waals surface area contributed by atoms with Gasteiger partial charge in [-0.3, -0.25) is 4.79 Å². The summed E-state index contributed by atoms with van der Waals surface area (Å²) in [4.78, 5) is 15.7. The lowest BCUT2D eigenvalue weighted by atomic mass is 10.0. The fourth-order valence-electron chi connectivity index (χ4n) is 3.48. The Morgan fingerprint density at radius 1 is 1.42 bits per heavy atom. The van der Waals surface area contributed by atoms with Crippen molar-refractivity contribution in [2.75, 3.05) is 6.54 Å². The average molecular weight is 345 g/mol. The van der Waals surface area contributed by atoms with Crippen LogP contribution in [0.3, 0.4) is 0 Å². The Morgan fingerprint density at radius 3 is 2.92 bits per heavy atom. The summed E-state index contributed by atoms with van der Waals surface area (Å²) in [6.07, 6.45) is 1.81. The molecule has 2 heterocycles. The van der Waals surface area contributed by atoms with Crippen LogP contribution in [0.25, 0.3) is 0 Å². The molecule has 2 N–H and O–H groups in total. The Balaban J connectivity index is 1.79. The molecule has 0 radical (unpaired) electrons. The molecule has 4 nitrogen and oxygen atoms in total. The van der Waals surface area contributed by atoms with E-state index in [9.17, 15) is 15.0 Å². The first kappa shape index (κ1) is 17.0. The SMILES string of the molecule is Cc1cc(C)c(O)c(C(=O)N2CCCC2CC(O)c2cccs2)c1. The number of nitrogens with zero attached hydrogens (tertiary/aromatic N) is 1. The number of thiophene rings is 1. The van der Waals surface area contributed by atoms with Crippen LogP contribution >= 0.6 is 11.3 Å². The third kappa shape index (κ3) is 3.32. The molecule has 0 bridgehead atoms. The van der Waals surface area contributed by atoms with Crippen LogP contribution in [0.15, 0.2) is 29.6 Å². The number of phenols is 1. The molecule has 128 valence electrons. The monoisotopic (exact) mass is 345 g/mol. The number of carbonyl (C=O) groups excluding carboxylic acids is 1. The molecule has 0 aliphatic carbocycles. The minimum atomic E-state index is -0.545. The van der Waals surface area contributed by atoms with Crippen molar-refractivity contribution in [3.63, 3.8) is 0 Å². The van der Waals surface area contributed by atoms with Gasteiger partial charge in [-0.1, -0.05) is 12.1 Å². The minimum absolute atomic E-state index is 0.00909. The molecule has 1 amide bonds. The Labute approximate surface area is 146 Å². The first-order valence-electron chi connectivity index (χ1n) is 8.30. The van der Waals surface area contributed by atoms with E-state index in [1.165, 1.54) is 11.3 Å². The number of hydrogen-bond donors (Lipinski definition) is 2. The lowest BCUT2D eigenvalue weighted by Crippen LogP contribution is -2.36. The summed E-state index contributed by atoms with van der Waals surface area (Å²) >= 11 is 1.53. The third-order valence-electron chi connectivity index (χ3n) is 4.68. The summed E-state index contributed by atoms with van der Waals surface area (Å²) in [5, 5.41) is 22.6. The van der Waals surface area contributed by atoms with Gasteiger partial charge in [0.1, 0.15) is 5.75 Å². The summed E-state index contributed by atoms with van der Waals surface area (Å²) < 4.78 is 0. The van der Waals surface area contributed by atoms with Gasteiger partial charge in [0.05, 0.1) is 11.7 Å². The quantitative estimate of drug-likeness (QED) is 0.886. The zero-order valence-corrected chi connectivity index (χ0v) is 14.8. The lowest BCUT2D eigenvalue weighted by molar-refractivity contribution is 0.0667. The fraction of sp³-hybridized carbons (Fsp3) is 0.421. The standard InChI is InChI=1S/C19H23NO3S/c1-12-9-13(2)18(22)15(10-12)19(23)20-7-3-5-14(20)11-16(21)17-6-4-8-24-17/h4,6,8-10,14,16,21-22H,3,5,7,11H2,1-2H3. The Bertz CT molecular complexity index is 726. The molecule has 0 spiro atoms. The predicted molar refractivity (Wildman–Crippen MR) is 95.5 cm³/mol. The van der Waals surface area contributed by atoms with Gasteiger partial charge in [0.15, 0.2) is 0 Å². The molecular weight excluding hydrogens is 322 g/mol. The molecular formula is C19H23NO3S. The number of likely N-dealkylation sites (tertiary alicyclic amines) is 1. The van der Waals surface area contributed by atoms with E-state index in [1.54, 1.807) is 13.0 Å². The second-order valence-corrected chi connectivity index (χ2v) is 7.52. The highest BCUT2D eigenvalue weighted by Gasteiger charge is 2.32. The van der Waals surface area contributed by atoms with Crippen LogP contribution in [0.4, 0.5) is 0 Å². The van der Waals surface area contributed by atoms with Crippen LogP contribution in [-0.2, 0) is 0 Å². The predicted octanol–water partition coefficient (Wildman–Crippen LogP) is 3.80. The number of rotatable bonds is 4. The van der Waals surface area contributed by atoms with E-state index in [1.807, 2.05) is 35.4 Å². The molecule has 0 saturated carbocycles. The van der Waals surface area contributed by atoms with E-state index in [-0.39, 0.29) is 17.7 Å². The van der Waals surface area contributed by atoms with Crippen molar-refractivity contribution in [3.05, 3.63) is 51.2 Å². The maximum Gasteiger partial charge on any atom is 0.257 e. The number of aliphatic hydroxyl groups is 1. The van der Waals surface area contributed by atoms with E-state index >= 15 is 0 Å². The second-order valence-electron chi connectivity index (χ2n) is 6.54. The van der Waals surface area contributed by atoms with Crippen molar-refractivity contribution in [2.45, 2.75) is 45.3 Å². The molecule has 1 saturated heterocycles. The summed E-state index contributed by atoms with van der Waals surface area (Å²) in [6.45, 7) is 4.40. The zero-order valence-electron chi connectivity index (χ0n) is 14.0. The number of amides is 1. The van der Waals surface area contributed by atoms with Crippen molar-refractivity contribution in [3.8, 4) is 5.75 Å². The highest BCUT2D eigenvalue weighted by molar-refractivity contribution is 7.10. The first-order valence-corrected chi connectivity index (χ1v) is 9.18. The number of phenolic OH excluding ortho intramolecular Hbond substituents is 1. The number of aliphatic hydroxyl groups excluding tert-OH is 1. The number of aryl methyl sites for hydroxylation is 2. The smallest absolute Gasteiger partial charge is 0.257 e. The Morgan fingerprint density at radius 2 is 2.21 bits per heavy atom. The maximum atomic E-state index is 12.9. The number of benzene rings is 1. The molecule has 1 aromatic heterocycles. The average Bonchev–Trinajstić information content (AvgIpc) is 3.21. The van der Waals surface area contributed by atoms with Gasteiger partial charge in [-0.25, -0.2) is 0 Å². The van der Waals surface area contributed by atoms with E-state index in [4.69, 9.17) is 0 Å². The van der Waals surface area contributed by atoms with Crippen LogP contribution in [0, 0.1) is 13.8 Å². The van der Waals surface area contributed by atoms with Gasteiger partial charge >= 0.3 is 0 Å². The third-order valence-corrected chi connectivity index (χ3v) is 5.65. The van der Waals surface area contributed by atoms with Gasteiger partial charge in [-0.05, 0) is 61.7 Å². The molecule has 1 aliphatic heterocycles. The highest BCUT2D eigenvalue weighted by Crippen LogP contribution is 2.32. The largest absolute Gasteiger partial charge is 0.507 e. The fourth-order valence-corrected chi connectivity index (χ4v) is 4.21. The molecule has 3 rings (SSSR count). The van der Waals surface area contributed by atoms with E-state index in [0.29, 0.717) is 24.1 Å². The minimum Gasteiger partial charge on any atom is -0.507 e. The van der Waals surface area contributed by atoms with Crippen molar-refractivity contribution in [1.29, 1.82) is 0 Å². The van der Waals surface area contributed by atoms with Gasteiger partial charge < -0.3 is 15.1 Å². The van der Waals surface area contributed by atoms with Crippen molar-refractivity contribution in [1.82, 2.24) is 4.90 Å². The summed E-state index contributed by atoms with van der Waals surface area (Å²) in [5.74, 6) is -0.0739. The zero-order chi connectivity index (χ0) is 17.3. The maximum absolute atomic E-state index is 12.9. The van der Waals surface area contributed by atoms with E-state index in [0.717, 1.165) is 23.3 Å². The molecule has 5 heteroatoms. The topological polar surface area (TPSA) is 60.8 Å². The van der Waals surface area contributed by atoms with Gasteiger partial charge in [0.2, 0.25) is 0 Å². The van der Waals surface area contributed by atoms with Crippen LogP contribution in [-0.4, -0.2) is 33.6 Å². The summed E-state index contributed by atoms with van der Waals surface area (Å²) in [5.41, 5.74) is 2.04. The van der Waals surface area contributed by atoms with Crippen molar-refractivity contribution < 1.29 is 15.0 Å². The van der Waals surface area contributed by atoms with Gasteiger partial charge in [0.25, 0.3) is 5.91 Å². The van der Waals surface area contributed by atoms with Crippen molar-refractivity contribution >= 4 is 17.2 Å². The van der Waals surface area contributed by atoms with Gasteiger partial charge in [-0.2, -0.15) is 0 Å². The normalized spacial score (nSPS) is 18.8. The lowest BCUT2D eigenvalue weighted by Gasteiger charge is -2.27. The molecule has 2 aromatic rings. The van der Waals surface area contributed by atoms with E-state index in [2.05, 4.69) is 0 Å². The molecule has 1 aromatic carbocycles. The molecule has 24 heavy (non-hydrogen) atoms. The molecule has 2 atom stereocenters. The van der Waals surface area contributed by atoms with Crippen LogP contribution in [0.2, 0.25) is 0 Å². The molecule has 2 unspecified atom stereocenters. The highest BCUT2D eigenvalue weighted by atomic mass is 32.1. The number of carbonyl (C=O) groups is 1. The number of aromatic hydroxyl groups is 1. The number of hydrogen-bond acceptors (Lipinski definition) is 4. The second kappa shape index (κ2) is 6.95. The van der Waals surface area contributed by atoms with Gasteiger partial charge in [0, 0.05) is 17.5 Å².